The number of phenols is 1. The molecule has 0 radical (unpaired) electrons. The van der Waals surface area contributed by atoms with Crippen LogP contribution in [0.4, 0.5) is 4.79 Å². The van der Waals surface area contributed by atoms with E-state index in [4.69, 9.17) is 4.74 Å². The maximum absolute atomic E-state index is 11.5. The number of hydrogen-bond acceptors (Lipinski definition) is 5. The third-order valence-electron chi connectivity index (χ3n) is 1.75. The molecule has 2 N–H and O–H groups in total. The van der Waals surface area contributed by atoms with Gasteiger partial charge in [0.1, 0.15) is 16.9 Å². The van der Waals surface area contributed by atoms with E-state index in [1.165, 1.54) is 12.1 Å². The first-order valence-electron chi connectivity index (χ1n) is 5.28. The number of hydroxylamine groups is 1. The fourth-order valence-corrected chi connectivity index (χ4v) is 1.09. The number of amides is 1. The largest absolute Gasteiger partial charge is 0.507 e. The van der Waals surface area contributed by atoms with Crippen molar-refractivity contribution in [3.63, 3.8) is 0 Å². The minimum absolute atomic E-state index is 0.0476. The second-order valence-corrected chi connectivity index (χ2v) is 4.51. The average Bonchev–Trinajstić information content (AvgIpc) is 2.24. The van der Waals surface area contributed by atoms with Gasteiger partial charge in [-0.05, 0) is 32.9 Å². The summed E-state index contributed by atoms with van der Waals surface area (Å²) < 4.78 is 4.86. The number of para-hydroxylation sites is 1. The Morgan fingerprint density at radius 3 is 2.39 bits per heavy atom. The molecule has 0 aliphatic carbocycles. The molecular formula is C12H15NO5. The summed E-state index contributed by atoms with van der Waals surface area (Å²) in [6.07, 6.45) is -0.883. The maximum atomic E-state index is 11.5. The average molecular weight is 253 g/mol. The highest BCUT2D eigenvalue weighted by Gasteiger charge is 2.18. The van der Waals surface area contributed by atoms with Crippen molar-refractivity contribution < 1.29 is 24.3 Å². The lowest BCUT2D eigenvalue weighted by Gasteiger charge is -2.19. The Kier molecular flexibility index (Phi) is 4.14. The third-order valence-corrected chi connectivity index (χ3v) is 1.75. The molecule has 1 aromatic carbocycles. The summed E-state index contributed by atoms with van der Waals surface area (Å²) in [5, 5.41) is 9.39. The van der Waals surface area contributed by atoms with E-state index < -0.39 is 17.7 Å². The summed E-state index contributed by atoms with van der Waals surface area (Å²) in [5.41, 5.74) is 1.11. The van der Waals surface area contributed by atoms with Gasteiger partial charge in [-0.1, -0.05) is 12.1 Å². The van der Waals surface area contributed by atoms with E-state index in [9.17, 15) is 14.7 Å². The summed E-state index contributed by atoms with van der Waals surface area (Å²) in [4.78, 5) is 27.2. The summed E-state index contributed by atoms with van der Waals surface area (Å²) in [7, 11) is 0. The highest BCUT2D eigenvalue weighted by molar-refractivity contribution is 5.92. The van der Waals surface area contributed by atoms with E-state index in [-0.39, 0.29) is 11.3 Å². The van der Waals surface area contributed by atoms with Crippen LogP contribution in [0.1, 0.15) is 31.1 Å². The van der Waals surface area contributed by atoms with E-state index in [1.807, 2.05) is 5.48 Å². The first-order valence-corrected chi connectivity index (χ1v) is 5.28. The summed E-state index contributed by atoms with van der Waals surface area (Å²) in [6, 6.07) is 5.83. The van der Waals surface area contributed by atoms with Crippen molar-refractivity contribution in [3.05, 3.63) is 29.8 Å². The molecule has 0 heterocycles. The van der Waals surface area contributed by atoms with Crippen LogP contribution in [0.3, 0.4) is 0 Å². The van der Waals surface area contributed by atoms with Crippen LogP contribution in [0.2, 0.25) is 0 Å². The third kappa shape index (κ3) is 4.32. The number of nitrogens with one attached hydrogen (secondary N) is 1. The molecule has 18 heavy (non-hydrogen) atoms. The Labute approximate surface area is 104 Å². The van der Waals surface area contributed by atoms with Crippen LogP contribution >= 0.6 is 0 Å². The predicted molar refractivity (Wildman–Crippen MR) is 62.9 cm³/mol. The van der Waals surface area contributed by atoms with Gasteiger partial charge in [-0.25, -0.2) is 9.59 Å². The zero-order chi connectivity index (χ0) is 13.8. The lowest BCUT2D eigenvalue weighted by molar-refractivity contribution is -0.00148. The molecule has 0 bridgehead atoms. The Bertz CT molecular complexity index is 450. The molecule has 1 aromatic rings. The van der Waals surface area contributed by atoms with Gasteiger partial charge in [0.15, 0.2) is 0 Å². The highest BCUT2D eigenvalue weighted by atomic mass is 16.7. The van der Waals surface area contributed by atoms with Gasteiger partial charge >= 0.3 is 12.1 Å². The molecule has 0 aliphatic rings. The molecule has 1 rings (SSSR count). The molecule has 0 aromatic heterocycles. The second-order valence-electron chi connectivity index (χ2n) is 4.51. The first-order chi connectivity index (χ1) is 8.29. The molecule has 98 valence electrons. The number of hydrogen-bond donors (Lipinski definition) is 2. The monoisotopic (exact) mass is 253 g/mol. The van der Waals surface area contributed by atoms with Crippen molar-refractivity contribution in [2.75, 3.05) is 0 Å². The van der Waals surface area contributed by atoms with E-state index in [2.05, 4.69) is 4.84 Å². The SMILES string of the molecule is CC(C)(C)OC(=O)NOC(=O)c1ccccc1O. The number of ether oxygens (including phenoxy) is 1. The quantitative estimate of drug-likeness (QED) is 0.747. The standard InChI is InChI=1S/C12H15NO5/c1-12(2,3)17-11(16)13-18-10(15)8-6-4-5-7-9(8)14/h4-7,14H,1-3H3,(H,13,16). The van der Waals surface area contributed by atoms with E-state index in [0.717, 1.165) is 0 Å². The van der Waals surface area contributed by atoms with Crippen molar-refractivity contribution in [2.24, 2.45) is 0 Å². The molecule has 0 unspecified atom stereocenters. The normalized spacial score (nSPS) is 10.6. The van der Waals surface area contributed by atoms with Crippen LogP contribution in [0, 0.1) is 0 Å². The fraction of sp³-hybridized carbons (Fsp3) is 0.333. The minimum atomic E-state index is -0.883. The fourth-order valence-electron chi connectivity index (χ4n) is 1.09. The van der Waals surface area contributed by atoms with Gasteiger partial charge in [0.25, 0.3) is 0 Å². The van der Waals surface area contributed by atoms with Gasteiger partial charge in [-0.3, -0.25) is 0 Å². The lowest BCUT2D eigenvalue weighted by atomic mass is 10.2. The minimum Gasteiger partial charge on any atom is -0.507 e. The Morgan fingerprint density at radius 1 is 1.22 bits per heavy atom. The highest BCUT2D eigenvalue weighted by Crippen LogP contribution is 2.16. The molecule has 1 amide bonds. The van der Waals surface area contributed by atoms with Gasteiger partial charge in [0.2, 0.25) is 0 Å². The van der Waals surface area contributed by atoms with E-state index in [1.54, 1.807) is 32.9 Å². The van der Waals surface area contributed by atoms with Crippen LogP contribution in [-0.2, 0) is 9.57 Å². The van der Waals surface area contributed by atoms with Gasteiger partial charge in [-0.2, -0.15) is 0 Å². The predicted octanol–water partition coefficient (Wildman–Crippen LogP) is 1.99. The van der Waals surface area contributed by atoms with Crippen molar-refractivity contribution in [1.82, 2.24) is 5.48 Å². The first kappa shape index (κ1) is 13.8. The van der Waals surface area contributed by atoms with Crippen molar-refractivity contribution >= 4 is 12.1 Å². The van der Waals surface area contributed by atoms with Gasteiger partial charge in [-0.15, -0.1) is 5.48 Å². The second kappa shape index (κ2) is 5.39. The van der Waals surface area contributed by atoms with Gasteiger partial charge < -0.3 is 14.7 Å². The zero-order valence-electron chi connectivity index (χ0n) is 10.4. The number of carbonyl (C=O) groups excluding carboxylic acids is 2. The molecule has 6 heteroatoms. The molecule has 0 fully saturated rings. The Balaban J connectivity index is 2.52. The molecule has 0 atom stereocenters. The van der Waals surface area contributed by atoms with Gasteiger partial charge in [0, 0.05) is 0 Å². The maximum Gasteiger partial charge on any atom is 0.441 e. The molecule has 0 saturated carbocycles. The molecule has 0 spiro atoms. The Morgan fingerprint density at radius 2 is 1.83 bits per heavy atom. The summed E-state index contributed by atoms with van der Waals surface area (Å²) in [5.74, 6) is -1.10. The van der Waals surface area contributed by atoms with Crippen LogP contribution in [0.5, 0.6) is 5.75 Å². The Hall–Kier alpha value is -2.24. The molecule has 0 saturated heterocycles. The summed E-state index contributed by atoms with van der Waals surface area (Å²) in [6.45, 7) is 5.03. The zero-order valence-corrected chi connectivity index (χ0v) is 10.4. The van der Waals surface area contributed by atoms with Crippen LogP contribution < -0.4 is 5.48 Å². The number of phenolic OH excluding ortho intramolecular Hbond substituents is 1. The van der Waals surface area contributed by atoms with Crippen LogP contribution in [0.25, 0.3) is 0 Å². The van der Waals surface area contributed by atoms with Crippen molar-refractivity contribution in [3.8, 4) is 5.75 Å². The number of rotatable bonds is 1. The van der Waals surface area contributed by atoms with E-state index >= 15 is 0 Å². The number of benzene rings is 1. The van der Waals surface area contributed by atoms with E-state index in [0.29, 0.717) is 0 Å². The summed E-state index contributed by atoms with van der Waals surface area (Å²) >= 11 is 0. The molecule has 0 aliphatic heterocycles. The number of carbonyl (C=O) groups is 2. The van der Waals surface area contributed by atoms with Crippen molar-refractivity contribution in [1.29, 1.82) is 0 Å². The smallest absolute Gasteiger partial charge is 0.441 e. The van der Waals surface area contributed by atoms with Crippen LogP contribution in [0.15, 0.2) is 24.3 Å². The van der Waals surface area contributed by atoms with Gasteiger partial charge in [0.05, 0.1) is 0 Å². The number of aromatic hydroxyl groups is 1. The lowest BCUT2D eigenvalue weighted by Crippen LogP contribution is -2.34. The molecular weight excluding hydrogens is 238 g/mol. The topological polar surface area (TPSA) is 84.9 Å². The molecule has 6 nitrogen and oxygen atoms in total. The van der Waals surface area contributed by atoms with Crippen molar-refractivity contribution in [2.45, 2.75) is 26.4 Å². The van der Waals surface area contributed by atoms with Crippen LogP contribution in [-0.4, -0.2) is 22.8 Å².